The van der Waals surface area contributed by atoms with Gasteiger partial charge in [-0.25, -0.2) is 14.4 Å². The van der Waals surface area contributed by atoms with Crippen molar-refractivity contribution in [3.05, 3.63) is 18.2 Å². The maximum atomic E-state index is 12.7. The number of anilines is 1. The lowest BCUT2D eigenvalue weighted by Crippen LogP contribution is -2.41. The first-order valence-corrected chi connectivity index (χ1v) is 5.97. The van der Waals surface area contributed by atoms with Crippen LogP contribution in [0.5, 0.6) is 0 Å². The molecule has 1 aliphatic heterocycles. The normalized spacial score (nSPS) is 26.7. The number of hydrogen-bond acceptors (Lipinski definition) is 4. The third-order valence-corrected chi connectivity index (χ3v) is 3.54. The average Bonchev–Trinajstić information content (AvgIpc) is 2.17. The highest BCUT2D eigenvalue weighted by molar-refractivity contribution is 8.00. The average molecular weight is 227 g/mol. The van der Waals surface area contributed by atoms with Crippen molar-refractivity contribution >= 4 is 17.7 Å². The van der Waals surface area contributed by atoms with Gasteiger partial charge in [0.1, 0.15) is 0 Å². The zero-order chi connectivity index (χ0) is 10.8. The summed E-state index contributed by atoms with van der Waals surface area (Å²) in [5, 5.41) is 1.14. The van der Waals surface area contributed by atoms with E-state index >= 15 is 0 Å². The molecule has 0 aliphatic carbocycles. The molecule has 2 rings (SSSR count). The molecular weight excluding hydrogens is 213 g/mol. The molecule has 15 heavy (non-hydrogen) atoms. The van der Waals surface area contributed by atoms with Crippen LogP contribution in [0, 0.1) is 5.82 Å². The number of rotatable bonds is 1. The van der Waals surface area contributed by atoms with E-state index in [-0.39, 0.29) is 5.82 Å². The first kappa shape index (κ1) is 10.7. The standard InChI is InChI=1S/C10H14FN3S/c1-7-5-14(6-8(2)15-7)10-12-3-9(11)4-13-10/h3-4,7-8H,5-6H2,1-2H3/t7-,8+. The van der Waals surface area contributed by atoms with Gasteiger partial charge in [0.25, 0.3) is 0 Å². The molecule has 1 aliphatic rings. The highest BCUT2D eigenvalue weighted by atomic mass is 32.2. The molecule has 3 nitrogen and oxygen atoms in total. The van der Waals surface area contributed by atoms with E-state index in [4.69, 9.17) is 0 Å². The van der Waals surface area contributed by atoms with Crippen LogP contribution in [0.25, 0.3) is 0 Å². The molecular formula is C10H14FN3S. The lowest BCUT2D eigenvalue weighted by molar-refractivity contribution is 0.609. The molecule has 0 aromatic carbocycles. The van der Waals surface area contributed by atoms with Crippen LogP contribution in [0.3, 0.4) is 0 Å². The second kappa shape index (κ2) is 4.35. The highest BCUT2D eigenvalue weighted by Crippen LogP contribution is 2.26. The van der Waals surface area contributed by atoms with Gasteiger partial charge in [0, 0.05) is 23.6 Å². The maximum Gasteiger partial charge on any atom is 0.225 e. The molecule has 0 saturated carbocycles. The van der Waals surface area contributed by atoms with E-state index in [1.165, 1.54) is 12.4 Å². The smallest absolute Gasteiger partial charge is 0.225 e. The van der Waals surface area contributed by atoms with Gasteiger partial charge in [-0.3, -0.25) is 0 Å². The predicted molar refractivity (Wildman–Crippen MR) is 60.7 cm³/mol. The van der Waals surface area contributed by atoms with Crippen LogP contribution in [-0.2, 0) is 0 Å². The summed E-state index contributed by atoms with van der Waals surface area (Å²) in [6.45, 7) is 6.25. The Balaban J connectivity index is 2.12. The molecule has 1 fully saturated rings. The Bertz CT molecular complexity index is 320. The van der Waals surface area contributed by atoms with Gasteiger partial charge < -0.3 is 4.90 Å². The molecule has 0 unspecified atom stereocenters. The zero-order valence-electron chi connectivity index (χ0n) is 8.85. The minimum absolute atomic E-state index is 0.383. The SMILES string of the molecule is C[C@@H]1CN(c2ncc(F)cn2)C[C@H](C)S1. The van der Waals surface area contributed by atoms with Gasteiger partial charge in [-0.05, 0) is 0 Å². The van der Waals surface area contributed by atoms with Crippen molar-refractivity contribution in [2.45, 2.75) is 24.3 Å². The lowest BCUT2D eigenvalue weighted by atomic mass is 10.3. The largest absolute Gasteiger partial charge is 0.339 e. The molecule has 5 heteroatoms. The fourth-order valence-corrected chi connectivity index (χ4v) is 3.14. The number of halogens is 1. The van der Waals surface area contributed by atoms with E-state index < -0.39 is 0 Å². The number of nitrogens with zero attached hydrogens (tertiary/aromatic N) is 3. The van der Waals surface area contributed by atoms with E-state index in [1.807, 2.05) is 11.8 Å². The molecule has 1 aromatic rings. The molecule has 0 amide bonds. The molecule has 0 radical (unpaired) electrons. The molecule has 2 heterocycles. The molecule has 0 bridgehead atoms. The monoisotopic (exact) mass is 227 g/mol. The van der Waals surface area contributed by atoms with Crippen LogP contribution in [0.15, 0.2) is 12.4 Å². The fourth-order valence-electron chi connectivity index (χ4n) is 1.81. The minimum atomic E-state index is -0.383. The van der Waals surface area contributed by atoms with Crippen molar-refractivity contribution in [1.82, 2.24) is 9.97 Å². The third-order valence-electron chi connectivity index (χ3n) is 2.31. The Hall–Kier alpha value is -0.840. The van der Waals surface area contributed by atoms with Crippen molar-refractivity contribution in [2.24, 2.45) is 0 Å². The van der Waals surface area contributed by atoms with Gasteiger partial charge in [-0.2, -0.15) is 11.8 Å². The number of hydrogen-bond donors (Lipinski definition) is 0. The fraction of sp³-hybridized carbons (Fsp3) is 0.600. The second-order valence-electron chi connectivity index (χ2n) is 3.86. The van der Waals surface area contributed by atoms with Crippen molar-refractivity contribution in [3.63, 3.8) is 0 Å². The molecule has 0 spiro atoms. The maximum absolute atomic E-state index is 12.7. The summed E-state index contributed by atoms with van der Waals surface area (Å²) in [6, 6.07) is 0. The minimum Gasteiger partial charge on any atom is -0.339 e. The zero-order valence-corrected chi connectivity index (χ0v) is 9.67. The molecule has 1 aromatic heterocycles. The summed E-state index contributed by atoms with van der Waals surface area (Å²) in [6.07, 6.45) is 2.44. The molecule has 1 saturated heterocycles. The Morgan fingerprint density at radius 2 is 1.80 bits per heavy atom. The van der Waals surface area contributed by atoms with Gasteiger partial charge in [-0.15, -0.1) is 0 Å². The van der Waals surface area contributed by atoms with E-state index in [1.54, 1.807) is 0 Å². The van der Waals surface area contributed by atoms with E-state index in [0.717, 1.165) is 13.1 Å². The van der Waals surface area contributed by atoms with E-state index in [0.29, 0.717) is 16.4 Å². The van der Waals surface area contributed by atoms with Crippen LogP contribution in [0.2, 0.25) is 0 Å². The third kappa shape index (κ3) is 2.59. The van der Waals surface area contributed by atoms with E-state index in [9.17, 15) is 4.39 Å². The summed E-state index contributed by atoms with van der Waals surface area (Å²) >= 11 is 1.97. The van der Waals surface area contributed by atoms with Crippen LogP contribution in [0.4, 0.5) is 10.3 Å². The Morgan fingerprint density at radius 3 is 2.33 bits per heavy atom. The van der Waals surface area contributed by atoms with Crippen molar-refractivity contribution < 1.29 is 4.39 Å². The van der Waals surface area contributed by atoms with Crippen LogP contribution in [0.1, 0.15) is 13.8 Å². The first-order valence-electron chi connectivity index (χ1n) is 5.03. The van der Waals surface area contributed by atoms with Gasteiger partial charge in [-0.1, -0.05) is 13.8 Å². The second-order valence-corrected chi connectivity index (χ2v) is 5.75. The lowest BCUT2D eigenvalue weighted by Gasteiger charge is -2.34. The summed E-state index contributed by atoms with van der Waals surface area (Å²) in [5.74, 6) is 0.252. The predicted octanol–water partition coefficient (Wildman–Crippen LogP) is 1.95. The first-order chi connectivity index (χ1) is 7.15. The summed E-state index contributed by atoms with van der Waals surface area (Å²) in [4.78, 5) is 10.1. The molecule has 82 valence electrons. The Labute approximate surface area is 93.1 Å². The Kier molecular flexibility index (Phi) is 3.09. The highest BCUT2D eigenvalue weighted by Gasteiger charge is 2.23. The molecule has 2 atom stereocenters. The van der Waals surface area contributed by atoms with Crippen LogP contribution in [-0.4, -0.2) is 33.6 Å². The quantitative estimate of drug-likeness (QED) is 0.733. The van der Waals surface area contributed by atoms with Gasteiger partial charge in [0.15, 0.2) is 5.82 Å². The van der Waals surface area contributed by atoms with Crippen molar-refractivity contribution in [3.8, 4) is 0 Å². The number of thioether (sulfide) groups is 1. The van der Waals surface area contributed by atoms with E-state index in [2.05, 4.69) is 28.7 Å². The topological polar surface area (TPSA) is 29.0 Å². The van der Waals surface area contributed by atoms with Crippen LogP contribution >= 0.6 is 11.8 Å². The van der Waals surface area contributed by atoms with Gasteiger partial charge in [0.2, 0.25) is 5.95 Å². The summed E-state index contributed by atoms with van der Waals surface area (Å²) in [5.41, 5.74) is 0. The van der Waals surface area contributed by atoms with Crippen LogP contribution < -0.4 is 4.90 Å². The van der Waals surface area contributed by atoms with Gasteiger partial charge >= 0.3 is 0 Å². The van der Waals surface area contributed by atoms with Gasteiger partial charge in [0.05, 0.1) is 12.4 Å². The van der Waals surface area contributed by atoms with Crippen molar-refractivity contribution in [2.75, 3.05) is 18.0 Å². The summed E-state index contributed by atoms with van der Waals surface area (Å²) < 4.78 is 12.7. The number of aromatic nitrogens is 2. The summed E-state index contributed by atoms with van der Waals surface area (Å²) in [7, 11) is 0. The molecule has 0 N–H and O–H groups in total. The Morgan fingerprint density at radius 1 is 1.27 bits per heavy atom. The van der Waals surface area contributed by atoms with Crippen molar-refractivity contribution in [1.29, 1.82) is 0 Å².